The van der Waals surface area contributed by atoms with E-state index in [2.05, 4.69) is 5.92 Å². The molecule has 7 heteroatoms. The Labute approximate surface area is 108 Å². The molecule has 1 fully saturated rings. The maximum atomic E-state index is 12.4. The van der Waals surface area contributed by atoms with Gasteiger partial charge in [0, 0.05) is 24.9 Å². The quantitative estimate of drug-likeness (QED) is 0.783. The summed E-state index contributed by atoms with van der Waals surface area (Å²) < 4.78 is 37.2. The van der Waals surface area contributed by atoms with Gasteiger partial charge in [-0.3, -0.25) is 4.79 Å². The van der Waals surface area contributed by atoms with E-state index in [4.69, 9.17) is 5.11 Å². The normalized spacial score (nSPS) is 19.5. The van der Waals surface area contributed by atoms with E-state index in [-0.39, 0.29) is 19.4 Å². The number of amides is 1. The molecule has 0 bridgehead atoms. The highest BCUT2D eigenvalue weighted by atomic mass is 19.4. The van der Waals surface area contributed by atoms with Crippen LogP contribution in [0.2, 0.25) is 0 Å². The minimum absolute atomic E-state index is 0.0926. The van der Waals surface area contributed by atoms with Crippen LogP contribution in [0.3, 0.4) is 0 Å². The third kappa shape index (κ3) is 4.81. The lowest BCUT2D eigenvalue weighted by atomic mass is 9.98. The van der Waals surface area contributed by atoms with E-state index in [1.165, 1.54) is 0 Å². The summed E-state index contributed by atoms with van der Waals surface area (Å²) in [4.78, 5) is 22.2. The first-order valence-corrected chi connectivity index (χ1v) is 5.92. The maximum Gasteiger partial charge on any atom is 0.471 e. The molecular weight excluding hydrogens is 263 g/mol. The molecule has 106 valence electrons. The SMILES string of the molecule is O=C(O)C#CCCC1CCCCN1C(=O)C(F)(F)F. The Morgan fingerprint density at radius 1 is 1.32 bits per heavy atom. The fourth-order valence-electron chi connectivity index (χ4n) is 2.11. The first-order valence-electron chi connectivity index (χ1n) is 5.92. The molecule has 0 aromatic carbocycles. The van der Waals surface area contributed by atoms with Crippen molar-refractivity contribution in [1.29, 1.82) is 0 Å². The number of piperidine rings is 1. The van der Waals surface area contributed by atoms with Crippen molar-refractivity contribution in [3.8, 4) is 11.8 Å². The summed E-state index contributed by atoms with van der Waals surface area (Å²) in [5.74, 6) is 1.17. The third-order valence-electron chi connectivity index (χ3n) is 2.93. The number of nitrogens with zero attached hydrogens (tertiary/aromatic N) is 1. The molecule has 1 aliphatic heterocycles. The van der Waals surface area contributed by atoms with Crippen molar-refractivity contribution >= 4 is 11.9 Å². The Balaban J connectivity index is 2.61. The molecule has 19 heavy (non-hydrogen) atoms. The highest BCUT2D eigenvalue weighted by Gasteiger charge is 2.44. The Morgan fingerprint density at radius 2 is 2.00 bits per heavy atom. The van der Waals surface area contributed by atoms with Crippen molar-refractivity contribution in [2.75, 3.05) is 6.54 Å². The first kappa shape index (κ1) is 15.3. The molecule has 1 amide bonds. The fourth-order valence-corrected chi connectivity index (χ4v) is 2.11. The first-order chi connectivity index (χ1) is 8.82. The van der Waals surface area contributed by atoms with Crippen molar-refractivity contribution in [3.05, 3.63) is 0 Å². The maximum absolute atomic E-state index is 12.4. The summed E-state index contributed by atoms with van der Waals surface area (Å²) >= 11 is 0. The molecule has 0 radical (unpaired) electrons. The predicted molar refractivity (Wildman–Crippen MR) is 60.1 cm³/mol. The number of carbonyl (C=O) groups is 2. The number of halogens is 3. The van der Waals surface area contributed by atoms with Crippen LogP contribution in [0.5, 0.6) is 0 Å². The van der Waals surface area contributed by atoms with Gasteiger partial charge in [0.15, 0.2) is 0 Å². The zero-order valence-corrected chi connectivity index (χ0v) is 10.2. The van der Waals surface area contributed by atoms with Gasteiger partial charge in [0.05, 0.1) is 0 Å². The van der Waals surface area contributed by atoms with Gasteiger partial charge in [-0.1, -0.05) is 5.92 Å². The number of carbonyl (C=O) groups excluding carboxylic acids is 1. The van der Waals surface area contributed by atoms with E-state index < -0.39 is 24.1 Å². The van der Waals surface area contributed by atoms with Crippen molar-refractivity contribution < 1.29 is 27.9 Å². The predicted octanol–water partition coefficient (Wildman–Crippen LogP) is 1.80. The molecule has 4 nitrogen and oxygen atoms in total. The zero-order valence-electron chi connectivity index (χ0n) is 10.2. The molecule has 1 aliphatic rings. The Bertz CT molecular complexity index is 409. The minimum atomic E-state index is -4.86. The average molecular weight is 277 g/mol. The number of rotatable bonds is 2. The molecule has 1 saturated heterocycles. The standard InChI is InChI=1S/C12H14F3NO3/c13-12(14,15)11(19)16-8-4-3-6-9(16)5-1-2-7-10(17)18/h9H,1,3-6,8H2,(H,17,18). The van der Waals surface area contributed by atoms with E-state index in [1.54, 1.807) is 0 Å². The van der Waals surface area contributed by atoms with Crippen LogP contribution in [0, 0.1) is 11.8 Å². The number of alkyl halides is 3. The highest BCUT2D eigenvalue weighted by molar-refractivity contribution is 5.86. The molecule has 0 spiro atoms. The molecule has 1 N–H and O–H groups in total. The molecule has 0 aromatic rings. The Hall–Kier alpha value is -1.71. The van der Waals surface area contributed by atoms with Gasteiger partial charge in [-0.25, -0.2) is 4.79 Å². The van der Waals surface area contributed by atoms with Crippen molar-refractivity contribution in [1.82, 2.24) is 4.90 Å². The number of hydrogen-bond acceptors (Lipinski definition) is 2. The lowest BCUT2D eigenvalue weighted by molar-refractivity contribution is -0.189. The van der Waals surface area contributed by atoms with Gasteiger partial charge in [0.1, 0.15) is 0 Å². The van der Waals surface area contributed by atoms with Gasteiger partial charge in [0.25, 0.3) is 0 Å². The fraction of sp³-hybridized carbons (Fsp3) is 0.667. The smallest absolute Gasteiger partial charge is 0.471 e. The Morgan fingerprint density at radius 3 is 2.58 bits per heavy atom. The Kier molecular flexibility index (Phi) is 5.21. The number of aliphatic carboxylic acids is 1. The molecule has 0 aromatic heterocycles. The van der Waals surface area contributed by atoms with Gasteiger partial charge in [-0.15, -0.1) is 0 Å². The van der Waals surface area contributed by atoms with Crippen molar-refractivity contribution in [2.24, 2.45) is 0 Å². The molecule has 1 rings (SSSR count). The number of likely N-dealkylation sites (tertiary alicyclic amines) is 1. The van der Waals surface area contributed by atoms with Crippen LogP contribution in [0.25, 0.3) is 0 Å². The topological polar surface area (TPSA) is 57.6 Å². The molecule has 1 atom stereocenters. The van der Waals surface area contributed by atoms with E-state index in [1.807, 2.05) is 5.92 Å². The van der Waals surface area contributed by atoms with E-state index in [9.17, 15) is 22.8 Å². The van der Waals surface area contributed by atoms with Gasteiger partial charge in [-0.05, 0) is 25.7 Å². The summed E-state index contributed by atoms with van der Waals surface area (Å²) in [7, 11) is 0. The minimum Gasteiger partial charge on any atom is -0.472 e. The summed E-state index contributed by atoms with van der Waals surface area (Å²) in [6.07, 6.45) is -2.61. The summed E-state index contributed by atoms with van der Waals surface area (Å²) in [6, 6.07) is -0.508. The van der Waals surface area contributed by atoms with E-state index >= 15 is 0 Å². The van der Waals surface area contributed by atoms with Crippen LogP contribution in [0.4, 0.5) is 13.2 Å². The lowest BCUT2D eigenvalue weighted by Gasteiger charge is -2.35. The van der Waals surface area contributed by atoms with Crippen LogP contribution >= 0.6 is 0 Å². The van der Waals surface area contributed by atoms with Crippen LogP contribution in [-0.4, -0.2) is 40.6 Å². The van der Waals surface area contributed by atoms with Crippen molar-refractivity contribution in [3.63, 3.8) is 0 Å². The number of carboxylic acid groups (broad SMARTS) is 1. The van der Waals surface area contributed by atoms with Gasteiger partial charge >= 0.3 is 18.1 Å². The average Bonchev–Trinajstić information content (AvgIpc) is 2.33. The van der Waals surface area contributed by atoms with Crippen molar-refractivity contribution in [2.45, 2.75) is 44.3 Å². The van der Waals surface area contributed by atoms with Crippen LogP contribution in [-0.2, 0) is 9.59 Å². The molecule has 1 heterocycles. The van der Waals surface area contributed by atoms with Gasteiger partial charge < -0.3 is 10.0 Å². The van der Waals surface area contributed by atoms with Gasteiger partial charge in [0.2, 0.25) is 0 Å². The van der Waals surface area contributed by atoms with E-state index in [0.717, 1.165) is 11.3 Å². The second kappa shape index (κ2) is 6.45. The van der Waals surface area contributed by atoms with Crippen LogP contribution in [0.1, 0.15) is 32.1 Å². The zero-order chi connectivity index (χ0) is 14.5. The summed E-state index contributed by atoms with van der Waals surface area (Å²) in [5.41, 5.74) is 0. The summed E-state index contributed by atoms with van der Waals surface area (Å²) in [6.45, 7) is 0.0926. The molecule has 1 unspecified atom stereocenters. The molecular formula is C12H14F3NO3. The second-order valence-corrected chi connectivity index (χ2v) is 4.29. The third-order valence-corrected chi connectivity index (χ3v) is 2.93. The van der Waals surface area contributed by atoms with Gasteiger partial charge in [-0.2, -0.15) is 13.2 Å². The highest BCUT2D eigenvalue weighted by Crippen LogP contribution is 2.26. The number of carboxylic acids is 1. The monoisotopic (exact) mass is 277 g/mol. The number of hydrogen-bond donors (Lipinski definition) is 1. The molecule has 0 saturated carbocycles. The second-order valence-electron chi connectivity index (χ2n) is 4.29. The summed E-state index contributed by atoms with van der Waals surface area (Å²) in [5, 5.41) is 8.31. The van der Waals surface area contributed by atoms with Crippen LogP contribution < -0.4 is 0 Å². The van der Waals surface area contributed by atoms with Crippen LogP contribution in [0.15, 0.2) is 0 Å². The lowest BCUT2D eigenvalue weighted by Crippen LogP contribution is -2.49. The van der Waals surface area contributed by atoms with E-state index in [0.29, 0.717) is 12.8 Å². The largest absolute Gasteiger partial charge is 0.472 e. The molecule has 0 aliphatic carbocycles.